The third-order valence-corrected chi connectivity index (χ3v) is 4.01. The number of benzene rings is 2. The fourth-order valence-corrected chi connectivity index (χ4v) is 2.74. The molecule has 0 aliphatic heterocycles. The molecule has 5 nitrogen and oxygen atoms in total. The van der Waals surface area contributed by atoms with Crippen molar-refractivity contribution >= 4 is 40.1 Å². The third kappa shape index (κ3) is 3.37. The van der Waals surface area contributed by atoms with Gasteiger partial charge in [0, 0.05) is 16.0 Å². The monoisotopic (exact) mass is 357 g/mol. The van der Waals surface area contributed by atoms with Crippen molar-refractivity contribution in [1.29, 1.82) is 0 Å². The van der Waals surface area contributed by atoms with Gasteiger partial charge in [-0.05, 0) is 44.2 Å². The first-order chi connectivity index (χ1) is 12.0. The summed E-state index contributed by atoms with van der Waals surface area (Å²) >= 11 is 6.00. The van der Waals surface area contributed by atoms with Crippen LogP contribution in [0, 0.1) is 6.92 Å². The molecule has 0 radical (unpaired) electrons. The molecule has 1 heterocycles. The molecule has 0 saturated carbocycles. The maximum atomic E-state index is 12.6. The molecule has 25 heavy (non-hydrogen) atoms. The second-order valence-electron chi connectivity index (χ2n) is 5.42. The number of rotatable bonds is 4. The van der Waals surface area contributed by atoms with Crippen LogP contribution in [0.25, 0.3) is 11.0 Å². The van der Waals surface area contributed by atoms with Crippen molar-refractivity contribution in [1.82, 2.24) is 0 Å². The number of anilines is 1. The van der Waals surface area contributed by atoms with Crippen LogP contribution < -0.4 is 5.32 Å². The Hall–Kier alpha value is -2.79. The lowest BCUT2D eigenvalue weighted by atomic mass is 10.1. The van der Waals surface area contributed by atoms with Crippen molar-refractivity contribution in [3.63, 3.8) is 0 Å². The first-order valence-corrected chi connectivity index (χ1v) is 8.15. The highest BCUT2D eigenvalue weighted by atomic mass is 35.5. The molecule has 6 heteroatoms. The second-order valence-corrected chi connectivity index (χ2v) is 5.85. The number of carbonyl (C=O) groups is 2. The predicted molar refractivity (Wildman–Crippen MR) is 96.3 cm³/mol. The molecule has 0 bridgehead atoms. The van der Waals surface area contributed by atoms with Gasteiger partial charge in [0.1, 0.15) is 5.58 Å². The number of carbonyl (C=O) groups excluding carboxylic acids is 2. The Morgan fingerprint density at radius 2 is 1.96 bits per heavy atom. The molecule has 1 amide bonds. The molecular formula is C19H16ClNO4. The van der Waals surface area contributed by atoms with Gasteiger partial charge in [0.15, 0.2) is 5.76 Å². The van der Waals surface area contributed by atoms with Crippen LogP contribution in [-0.4, -0.2) is 18.5 Å². The summed E-state index contributed by atoms with van der Waals surface area (Å²) in [5.41, 5.74) is 1.91. The molecule has 0 aliphatic carbocycles. The van der Waals surface area contributed by atoms with Gasteiger partial charge in [-0.3, -0.25) is 4.79 Å². The van der Waals surface area contributed by atoms with Crippen LogP contribution in [0.4, 0.5) is 5.69 Å². The summed E-state index contributed by atoms with van der Waals surface area (Å²) in [6.45, 7) is 3.76. The lowest BCUT2D eigenvalue weighted by Gasteiger charge is -2.09. The number of furan rings is 1. The number of hydrogen-bond donors (Lipinski definition) is 1. The van der Waals surface area contributed by atoms with E-state index in [-0.39, 0.29) is 17.9 Å². The predicted octanol–water partition coefficient (Wildman–Crippen LogP) is 4.82. The van der Waals surface area contributed by atoms with E-state index in [1.807, 2.05) is 0 Å². The van der Waals surface area contributed by atoms with E-state index in [9.17, 15) is 9.59 Å². The number of aryl methyl sites for hydroxylation is 1. The molecule has 0 spiro atoms. The maximum absolute atomic E-state index is 12.6. The van der Waals surface area contributed by atoms with E-state index in [2.05, 4.69) is 5.32 Å². The fourth-order valence-electron chi connectivity index (χ4n) is 2.57. The van der Waals surface area contributed by atoms with Crippen LogP contribution in [0.3, 0.4) is 0 Å². The Bertz CT molecular complexity index is 961. The van der Waals surface area contributed by atoms with Crippen LogP contribution in [0.1, 0.15) is 33.4 Å². The van der Waals surface area contributed by atoms with Gasteiger partial charge < -0.3 is 14.5 Å². The Morgan fingerprint density at radius 3 is 2.72 bits per heavy atom. The number of halogens is 1. The molecule has 0 saturated heterocycles. The Labute approximate surface area is 149 Å². The SMILES string of the molecule is CCOC(=O)c1ccccc1NC(=O)c1oc2ccc(Cl)cc2c1C. The number of nitrogens with one attached hydrogen (secondary N) is 1. The highest BCUT2D eigenvalue weighted by molar-refractivity contribution is 6.31. The largest absolute Gasteiger partial charge is 0.462 e. The third-order valence-electron chi connectivity index (χ3n) is 3.78. The van der Waals surface area contributed by atoms with Gasteiger partial charge in [-0.25, -0.2) is 4.79 Å². The average Bonchev–Trinajstić information content (AvgIpc) is 2.92. The van der Waals surface area contributed by atoms with Crippen molar-refractivity contribution in [3.8, 4) is 0 Å². The van der Waals surface area contributed by atoms with Crippen LogP contribution in [0.5, 0.6) is 0 Å². The minimum Gasteiger partial charge on any atom is -0.462 e. The zero-order valence-electron chi connectivity index (χ0n) is 13.8. The van der Waals surface area contributed by atoms with E-state index in [1.165, 1.54) is 0 Å². The standard InChI is InChI=1S/C19H16ClNO4/c1-3-24-19(23)13-6-4-5-7-15(13)21-18(22)17-11(2)14-10-12(20)8-9-16(14)25-17/h4-10H,3H2,1-2H3,(H,21,22). The Balaban J connectivity index is 1.93. The molecule has 0 aliphatic rings. The molecule has 3 rings (SSSR count). The summed E-state index contributed by atoms with van der Waals surface area (Å²) in [5.74, 6) is -0.760. The number of fused-ring (bicyclic) bond motifs is 1. The minimum absolute atomic E-state index is 0.177. The number of esters is 1. The zero-order chi connectivity index (χ0) is 18.0. The quantitative estimate of drug-likeness (QED) is 0.679. The zero-order valence-corrected chi connectivity index (χ0v) is 14.5. The van der Waals surface area contributed by atoms with E-state index < -0.39 is 11.9 Å². The molecule has 0 unspecified atom stereocenters. The first-order valence-electron chi connectivity index (χ1n) is 7.77. The van der Waals surface area contributed by atoms with Crippen LogP contribution in [0.15, 0.2) is 46.9 Å². The van der Waals surface area contributed by atoms with Gasteiger partial charge in [0.2, 0.25) is 0 Å². The van der Waals surface area contributed by atoms with E-state index in [0.29, 0.717) is 21.9 Å². The van der Waals surface area contributed by atoms with E-state index in [4.69, 9.17) is 20.8 Å². The molecule has 2 aromatic carbocycles. The lowest BCUT2D eigenvalue weighted by Crippen LogP contribution is -2.16. The van der Waals surface area contributed by atoms with Gasteiger partial charge in [-0.2, -0.15) is 0 Å². The summed E-state index contributed by atoms with van der Waals surface area (Å²) in [6.07, 6.45) is 0. The Morgan fingerprint density at radius 1 is 1.20 bits per heavy atom. The highest BCUT2D eigenvalue weighted by Crippen LogP contribution is 2.28. The van der Waals surface area contributed by atoms with Gasteiger partial charge in [-0.15, -0.1) is 0 Å². The topological polar surface area (TPSA) is 68.5 Å². The highest BCUT2D eigenvalue weighted by Gasteiger charge is 2.20. The van der Waals surface area contributed by atoms with Crippen LogP contribution in [0.2, 0.25) is 5.02 Å². The minimum atomic E-state index is -0.494. The molecule has 1 aromatic heterocycles. The van der Waals surface area contributed by atoms with Crippen molar-refractivity contribution in [3.05, 3.63) is 64.4 Å². The number of amides is 1. The molecule has 3 aromatic rings. The smallest absolute Gasteiger partial charge is 0.340 e. The average molecular weight is 358 g/mol. The number of ether oxygens (including phenoxy) is 1. The number of hydrogen-bond acceptors (Lipinski definition) is 4. The molecular weight excluding hydrogens is 342 g/mol. The second kappa shape index (κ2) is 6.99. The maximum Gasteiger partial charge on any atom is 0.340 e. The summed E-state index contributed by atoms with van der Waals surface area (Å²) in [5, 5.41) is 4.06. The number of para-hydroxylation sites is 1. The van der Waals surface area contributed by atoms with Crippen molar-refractivity contribution in [2.75, 3.05) is 11.9 Å². The van der Waals surface area contributed by atoms with Crippen LogP contribution in [-0.2, 0) is 4.74 Å². The van der Waals surface area contributed by atoms with Crippen molar-refractivity contribution < 1.29 is 18.7 Å². The van der Waals surface area contributed by atoms with E-state index in [0.717, 1.165) is 5.39 Å². The summed E-state index contributed by atoms with van der Waals surface area (Å²) in [7, 11) is 0. The van der Waals surface area contributed by atoms with Gasteiger partial charge in [0.05, 0.1) is 17.9 Å². The van der Waals surface area contributed by atoms with Gasteiger partial charge in [-0.1, -0.05) is 23.7 Å². The molecule has 128 valence electrons. The summed E-state index contributed by atoms with van der Waals surface area (Å²) in [6, 6.07) is 11.8. The summed E-state index contributed by atoms with van der Waals surface area (Å²) in [4.78, 5) is 24.6. The van der Waals surface area contributed by atoms with Crippen molar-refractivity contribution in [2.45, 2.75) is 13.8 Å². The van der Waals surface area contributed by atoms with E-state index >= 15 is 0 Å². The lowest BCUT2D eigenvalue weighted by molar-refractivity contribution is 0.0527. The molecule has 0 atom stereocenters. The Kier molecular flexibility index (Phi) is 4.76. The van der Waals surface area contributed by atoms with Gasteiger partial charge in [0.25, 0.3) is 5.91 Å². The molecule has 0 fully saturated rings. The van der Waals surface area contributed by atoms with E-state index in [1.54, 1.807) is 56.3 Å². The van der Waals surface area contributed by atoms with Gasteiger partial charge >= 0.3 is 5.97 Å². The summed E-state index contributed by atoms with van der Waals surface area (Å²) < 4.78 is 10.7. The normalized spacial score (nSPS) is 10.7. The van der Waals surface area contributed by atoms with Crippen molar-refractivity contribution in [2.24, 2.45) is 0 Å². The van der Waals surface area contributed by atoms with Crippen LogP contribution >= 0.6 is 11.6 Å². The fraction of sp³-hybridized carbons (Fsp3) is 0.158. The molecule has 1 N–H and O–H groups in total. The first kappa shape index (κ1) is 17.0.